The van der Waals surface area contributed by atoms with Crippen LogP contribution in [0, 0.1) is 0 Å². The predicted octanol–water partition coefficient (Wildman–Crippen LogP) is 5.76. The zero-order valence-electron chi connectivity index (χ0n) is 17.5. The van der Waals surface area contributed by atoms with Gasteiger partial charge in [0, 0.05) is 16.0 Å². The second-order valence-corrected chi connectivity index (χ2v) is 8.93. The Balaban J connectivity index is 1.68. The quantitative estimate of drug-likeness (QED) is 0.262. The zero-order valence-corrected chi connectivity index (χ0v) is 20.7. The van der Waals surface area contributed by atoms with Crippen molar-refractivity contribution in [1.29, 1.82) is 0 Å². The van der Waals surface area contributed by atoms with Gasteiger partial charge in [-0.1, -0.05) is 45.4 Å². The molecule has 3 aromatic rings. The fourth-order valence-corrected chi connectivity index (χ4v) is 4.06. The number of thioether (sulfide) groups is 1. The molecule has 1 amide bonds. The van der Waals surface area contributed by atoms with Gasteiger partial charge in [0.2, 0.25) is 5.91 Å². The van der Waals surface area contributed by atoms with Crippen LogP contribution >= 0.6 is 39.3 Å². The van der Waals surface area contributed by atoms with Gasteiger partial charge < -0.3 is 14.8 Å². The molecule has 0 bridgehead atoms. The van der Waals surface area contributed by atoms with E-state index in [9.17, 15) is 4.79 Å². The van der Waals surface area contributed by atoms with Crippen molar-refractivity contribution in [3.63, 3.8) is 0 Å². The number of hydrogen-bond donors (Lipinski definition) is 1. The highest BCUT2D eigenvalue weighted by Crippen LogP contribution is 2.29. The van der Waals surface area contributed by atoms with Gasteiger partial charge in [0.15, 0.2) is 17.1 Å². The van der Waals surface area contributed by atoms with E-state index in [1.807, 2.05) is 35.8 Å². The van der Waals surface area contributed by atoms with Crippen LogP contribution in [0.1, 0.15) is 18.9 Å². The van der Waals surface area contributed by atoms with Crippen molar-refractivity contribution in [3.05, 3.63) is 70.4 Å². The largest absolute Gasteiger partial charge is 0.495 e. The van der Waals surface area contributed by atoms with Crippen molar-refractivity contribution in [2.75, 3.05) is 18.2 Å². The average Bonchev–Trinajstić information content (AvgIpc) is 3.17. The predicted molar refractivity (Wildman–Crippen MR) is 131 cm³/mol. The van der Waals surface area contributed by atoms with Crippen LogP contribution in [0.3, 0.4) is 0 Å². The zero-order chi connectivity index (χ0) is 23.1. The fraction of sp³-hybridized carbons (Fsp3) is 0.227. The van der Waals surface area contributed by atoms with Gasteiger partial charge in [-0.15, -0.1) is 16.8 Å². The van der Waals surface area contributed by atoms with Crippen LogP contribution in [0.15, 0.2) is 64.7 Å². The molecule has 0 saturated carbocycles. The first-order valence-electron chi connectivity index (χ1n) is 9.63. The molecular formula is C22H22BrClN4O3S. The van der Waals surface area contributed by atoms with Crippen molar-refractivity contribution >= 4 is 50.9 Å². The Morgan fingerprint density at radius 3 is 2.75 bits per heavy atom. The lowest BCUT2D eigenvalue weighted by Gasteiger charge is -2.16. The summed E-state index contributed by atoms with van der Waals surface area (Å²) in [7, 11) is 1.53. The van der Waals surface area contributed by atoms with Gasteiger partial charge in [0.25, 0.3) is 0 Å². The standard InChI is InChI=1S/C22H22BrClN4O3S/c1-4-11-28-21(14(2)31-17-8-5-15(23)6-9-17)26-27-22(28)32-13-20(29)25-18-12-16(24)7-10-19(18)30-3/h4-10,12,14H,1,11,13H2,2-3H3,(H,25,29). The van der Waals surface area contributed by atoms with Gasteiger partial charge in [-0.2, -0.15) is 0 Å². The number of nitrogens with zero attached hydrogens (tertiary/aromatic N) is 3. The summed E-state index contributed by atoms with van der Waals surface area (Å²) < 4.78 is 14.1. The number of rotatable bonds is 10. The molecule has 0 aliphatic rings. The molecule has 1 heterocycles. The Morgan fingerprint density at radius 2 is 2.06 bits per heavy atom. The highest BCUT2D eigenvalue weighted by Gasteiger charge is 2.20. The molecule has 0 saturated heterocycles. The topological polar surface area (TPSA) is 78.3 Å². The van der Waals surface area contributed by atoms with Crippen LogP contribution in [0.2, 0.25) is 5.02 Å². The minimum atomic E-state index is -0.345. The molecule has 1 N–H and O–H groups in total. The molecule has 1 atom stereocenters. The Hall–Kier alpha value is -2.49. The van der Waals surface area contributed by atoms with Gasteiger partial charge in [-0.25, -0.2) is 0 Å². The van der Waals surface area contributed by atoms with Crippen molar-refractivity contribution in [2.24, 2.45) is 0 Å². The lowest BCUT2D eigenvalue weighted by molar-refractivity contribution is -0.113. The number of aromatic nitrogens is 3. The third kappa shape index (κ3) is 6.27. The van der Waals surface area contributed by atoms with Crippen molar-refractivity contribution in [1.82, 2.24) is 14.8 Å². The third-order valence-electron chi connectivity index (χ3n) is 4.32. The number of methoxy groups -OCH3 is 1. The Morgan fingerprint density at radius 1 is 1.31 bits per heavy atom. The van der Waals surface area contributed by atoms with Gasteiger partial charge in [0.05, 0.1) is 18.6 Å². The van der Waals surface area contributed by atoms with Gasteiger partial charge in [-0.3, -0.25) is 9.36 Å². The lowest BCUT2D eigenvalue weighted by atomic mass is 10.3. The van der Waals surface area contributed by atoms with Crippen molar-refractivity contribution < 1.29 is 14.3 Å². The maximum Gasteiger partial charge on any atom is 0.234 e. The molecule has 0 fully saturated rings. The average molecular weight is 538 g/mol. The molecule has 7 nitrogen and oxygen atoms in total. The molecule has 3 rings (SSSR count). The van der Waals surface area contributed by atoms with Gasteiger partial charge >= 0.3 is 0 Å². The Bertz CT molecular complexity index is 1090. The summed E-state index contributed by atoms with van der Waals surface area (Å²) in [5.41, 5.74) is 0.510. The minimum absolute atomic E-state index is 0.132. The number of allylic oxidation sites excluding steroid dienone is 1. The van der Waals surface area contributed by atoms with Gasteiger partial charge in [0.1, 0.15) is 11.5 Å². The highest BCUT2D eigenvalue weighted by molar-refractivity contribution is 9.10. The Labute approximate surface area is 204 Å². The molecule has 1 aromatic heterocycles. The smallest absolute Gasteiger partial charge is 0.234 e. The summed E-state index contributed by atoms with van der Waals surface area (Å²) in [6.45, 7) is 6.20. The molecule has 2 aromatic carbocycles. The third-order valence-corrected chi connectivity index (χ3v) is 6.05. The highest BCUT2D eigenvalue weighted by atomic mass is 79.9. The first-order chi connectivity index (χ1) is 15.4. The van der Waals surface area contributed by atoms with Crippen LogP contribution < -0.4 is 14.8 Å². The summed E-state index contributed by atoms with van der Waals surface area (Å²) in [4.78, 5) is 12.5. The normalized spacial score (nSPS) is 11.6. The van der Waals surface area contributed by atoms with Crippen LogP contribution in [0.4, 0.5) is 5.69 Å². The number of halogens is 2. The second kappa shape index (κ2) is 11.4. The van der Waals surface area contributed by atoms with E-state index in [0.717, 1.165) is 10.2 Å². The van der Waals surface area contributed by atoms with Crippen LogP contribution in [0.5, 0.6) is 11.5 Å². The lowest BCUT2D eigenvalue weighted by Crippen LogP contribution is -2.16. The number of carbonyl (C=O) groups is 1. The number of benzene rings is 2. The molecule has 0 radical (unpaired) electrons. The van der Waals surface area contributed by atoms with Crippen LogP contribution in [0.25, 0.3) is 0 Å². The SMILES string of the molecule is C=CCn1c(SCC(=O)Nc2cc(Cl)ccc2OC)nnc1C(C)Oc1ccc(Br)cc1. The first-order valence-corrected chi connectivity index (χ1v) is 11.8. The molecule has 32 heavy (non-hydrogen) atoms. The van der Waals surface area contributed by atoms with E-state index in [0.29, 0.717) is 34.0 Å². The number of anilines is 1. The maximum atomic E-state index is 12.5. The van der Waals surface area contributed by atoms with E-state index in [-0.39, 0.29) is 17.8 Å². The van der Waals surface area contributed by atoms with E-state index in [1.165, 1.54) is 18.9 Å². The number of nitrogens with one attached hydrogen (secondary N) is 1. The fourth-order valence-electron chi connectivity index (χ4n) is 2.87. The first kappa shape index (κ1) is 24.2. The number of amides is 1. The monoisotopic (exact) mass is 536 g/mol. The minimum Gasteiger partial charge on any atom is -0.495 e. The molecule has 0 aliphatic carbocycles. The van der Waals surface area contributed by atoms with Crippen molar-refractivity contribution in [3.8, 4) is 11.5 Å². The van der Waals surface area contributed by atoms with Crippen LogP contribution in [-0.2, 0) is 11.3 Å². The van der Waals surface area contributed by atoms with E-state index in [2.05, 4.69) is 38.0 Å². The second-order valence-electron chi connectivity index (χ2n) is 6.64. The molecule has 10 heteroatoms. The summed E-state index contributed by atoms with van der Waals surface area (Å²) >= 11 is 10.7. The van der Waals surface area contributed by atoms with Crippen LogP contribution in [-0.4, -0.2) is 33.5 Å². The Kier molecular flexibility index (Phi) is 8.60. The van der Waals surface area contributed by atoms with E-state index in [4.69, 9.17) is 21.1 Å². The molecule has 168 valence electrons. The molecule has 0 aliphatic heterocycles. The van der Waals surface area contributed by atoms with Gasteiger partial charge in [-0.05, 0) is 49.4 Å². The number of ether oxygens (including phenoxy) is 2. The van der Waals surface area contributed by atoms with E-state index >= 15 is 0 Å². The molecule has 1 unspecified atom stereocenters. The number of hydrogen-bond acceptors (Lipinski definition) is 6. The number of carbonyl (C=O) groups excluding carboxylic acids is 1. The maximum absolute atomic E-state index is 12.5. The summed E-state index contributed by atoms with van der Waals surface area (Å²) in [6.07, 6.45) is 1.41. The molecular weight excluding hydrogens is 516 g/mol. The van der Waals surface area contributed by atoms with Crippen molar-refractivity contribution in [2.45, 2.75) is 24.7 Å². The molecule has 0 spiro atoms. The summed E-state index contributed by atoms with van der Waals surface area (Å²) in [6, 6.07) is 12.6. The summed E-state index contributed by atoms with van der Waals surface area (Å²) in [5.74, 6) is 1.81. The van der Waals surface area contributed by atoms with E-state index < -0.39 is 0 Å². The van der Waals surface area contributed by atoms with E-state index in [1.54, 1.807) is 24.3 Å². The summed E-state index contributed by atoms with van der Waals surface area (Å²) in [5, 5.41) is 12.5.